The van der Waals surface area contributed by atoms with Crippen molar-refractivity contribution in [2.24, 2.45) is 0 Å². The maximum absolute atomic E-state index is 5.17. The highest BCUT2D eigenvalue weighted by Crippen LogP contribution is 2.24. The van der Waals surface area contributed by atoms with E-state index in [1.54, 1.807) is 0 Å². The highest BCUT2D eigenvalue weighted by molar-refractivity contribution is 9.10. The van der Waals surface area contributed by atoms with Crippen molar-refractivity contribution >= 4 is 26.8 Å². The van der Waals surface area contributed by atoms with Gasteiger partial charge in [0.25, 0.3) is 0 Å². The minimum atomic E-state index is 0.628. The monoisotopic (exact) mass is 276 g/mol. The summed E-state index contributed by atoms with van der Waals surface area (Å²) in [5.41, 5.74) is 1.25. The van der Waals surface area contributed by atoms with Gasteiger partial charge < -0.3 is 9.88 Å². The van der Waals surface area contributed by atoms with Crippen molar-refractivity contribution in [1.29, 1.82) is 0 Å². The van der Waals surface area contributed by atoms with Crippen LogP contribution in [-0.4, -0.2) is 17.7 Å². The van der Waals surface area contributed by atoms with Gasteiger partial charge in [0, 0.05) is 34.7 Å². The quantitative estimate of drug-likeness (QED) is 0.671. The average Bonchev–Trinajstić information content (AvgIpc) is 2.70. The molecule has 0 aliphatic rings. The maximum Gasteiger partial charge on any atom is 0.0574 e. The van der Waals surface area contributed by atoms with Crippen molar-refractivity contribution in [3.05, 3.63) is 34.9 Å². The van der Waals surface area contributed by atoms with Crippen LogP contribution in [0.2, 0.25) is 0 Å². The molecule has 0 amide bonds. The molecule has 2 nitrogen and oxygen atoms in total. The molecule has 0 fully saturated rings. The van der Waals surface area contributed by atoms with Crippen molar-refractivity contribution in [1.82, 2.24) is 9.88 Å². The van der Waals surface area contributed by atoms with Gasteiger partial charge in [-0.05, 0) is 18.2 Å². The van der Waals surface area contributed by atoms with Crippen LogP contribution in [0.4, 0.5) is 0 Å². The second-order valence-electron chi connectivity index (χ2n) is 3.56. The third-order valence-corrected chi connectivity index (χ3v) is 3.21. The van der Waals surface area contributed by atoms with E-state index in [4.69, 9.17) is 6.42 Å². The lowest BCUT2D eigenvalue weighted by Crippen LogP contribution is -2.19. The van der Waals surface area contributed by atoms with E-state index in [-0.39, 0.29) is 0 Å². The second kappa shape index (κ2) is 5.20. The number of aromatic nitrogens is 1. The topological polar surface area (TPSA) is 17.0 Å². The van der Waals surface area contributed by atoms with Crippen LogP contribution in [0.3, 0.4) is 0 Å². The molecule has 0 atom stereocenters. The van der Waals surface area contributed by atoms with E-state index in [1.165, 1.54) is 10.9 Å². The van der Waals surface area contributed by atoms with Gasteiger partial charge in [-0.1, -0.05) is 27.9 Å². The molecular weight excluding hydrogens is 264 g/mol. The number of fused-ring (bicyclic) bond motifs is 1. The normalized spacial score (nSPS) is 10.5. The predicted molar refractivity (Wildman–Crippen MR) is 71.3 cm³/mol. The average molecular weight is 277 g/mol. The van der Waals surface area contributed by atoms with Crippen molar-refractivity contribution in [3.8, 4) is 12.3 Å². The number of rotatable bonds is 4. The van der Waals surface area contributed by atoms with E-state index in [0.717, 1.165) is 17.6 Å². The second-order valence-corrected chi connectivity index (χ2v) is 4.42. The zero-order valence-corrected chi connectivity index (χ0v) is 10.5. The molecule has 0 unspecified atom stereocenters. The number of halogens is 1. The van der Waals surface area contributed by atoms with Crippen molar-refractivity contribution in [3.63, 3.8) is 0 Å². The van der Waals surface area contributed by atoms with Crippen molar-refractivity contribution < 1.29 is 0 Å². The van der Waals surface area contributed by atoms with Crippen LogP contribution in [0.25, 0.3) is 10.9 Å². The fourth-order valence-corrected chi connectivity index (χ4v) is 2.23. The highest BCUT2D eigenvalue weighted by atomic mass is 79.9. The Morgan fingerprint density at radius 1 is 1.38 bits per heavy atom. The van der Waals surface area contributed by atoms with E-state index in [1.807, 2.05) is 0 Å². The molecule has 16 heavy (non-hydrogen) atoms. The molecule has 0 saturated heterocycles. The number of nitrogens with zero attached hydrogens (tertiary/aromatic N) is 1. The van der Waals surface area contributed by atoms with Crippen LogP contribution < -0.4 is 5.32 Å². The Kier molecular flexibility index (Phi) is 3.66. The first kappa shape index (κ1) is 11.3. The summed E-state index contributed by atoms with van der Waals surface area (Å²) >= 11 is 3.55. The van der Waals surface area contributed by atoms with Gasteiger partial charge in [-0.3, -0.25) is 0 Å². The fourth-order valence-electron chi connectivity index (χ4n) is 1.74. The Labute approximate surface area is 104 Å². The summed E-state index contributed by atoms with van der Waals surface area (Å²) in [4.78, 5) is 0. The van der Waals surface area contributed by atoms with Gasteiger partial charge >= 0.3 is 0 Å². The molecule has 82 valence electrons. The number of hydrogen-bond acceptors (Lipinski definition) is 1. The lowest BCUT2D eigenvalue weighted by atomic mass is 10.2. The van der Waals surface area contributed by atoms with Crippen molar-refractivity contribution in [2.45, 2.75) is 6.54 Å². The summed E-state index contributed by atoms with van der Waals surface area (Å²) in [7, 11) is 0. The Balaban J connectivity index is 2.14. The molecule has 0 aliphatic heterocycles. The van der Waals surface area contributed by atoms with E-state index in [0.29, 0.717) is 6.54 Å². The third kappa shape index (κ3) is 2.29. The first-order valence-corrected chi connectivity index (χ1v) is 6.00. The number of terminal acetylenes is 1. The van der Waals surface area contributed by atoms with E-state index in [9.17, 15) is 0 Å². The first-order chi connectivity index (χ1) is 7.83. The molecule has 1 N–H and O–H groups in total. The third-order valence-electron chi connectivity index (χ3n) is 2.52. The number of benzene rings is 1. The molecule has 1 aromatic carbocycles. The van der Waals surface area contributed by atoms with Crippen LogP contribution in [0.1, 0.15) is 0 Å². The molecule has 2 rings (SSSR count). The number of nitrogens with one attached hydrogen (secondary N) is 1. The summed E-state index contributed by atoms with van der Waals surface area (Å²) < 4.78 is 3.37. The van der Waals surface area contributed by atoms with Crippen LogP contribution in [-0.2, 0) is 6.54 Å². The van der Waals surface area contributed by atoms with Crippen LogP contribution >= 0.6 is 15.9 Å². The van der Waals surface area contributed by atoms with Crippen LogP contribution in [0.5, 0.6) is 0 Å². The Hall–Kier alpha value is -1.24. The summed E-state index contributed by atoms with van der Waals surface area (Å²) in [5.74, 6) is 2.57. The fraction of sp³-hybridized carbons (Fsp3) is 0.231. The van der Waals surface area contributed by atoms with E-state index in [2.05, 4.69) is 62.2 Å². The Morgan fingerprint density at radius 2 is 2.25 bits per heavy atom. The molecule has 2 aromatic rings. The molecular formula is C13H13BrN2. The minimum Gasteiger partial charge on any atom is -0.346 e. The molecule has 0 bridgehead atoms. The summed E-state index contributed by atoms with van der Waals surface area (Å²) in [5, 5.41) is 4.43. The van der Waals surface area contributed by atoms with Gasteiger partial charge in [0.1, 0.15) is 0 Å². The molecule has 0 spiro atoms. The van der Waals surface area contributed by atoms with Gasteiger partial charge in [-0.25, -0.2) is 0 Å². The molecule has 0 saturated carbocycles. The predicted octanol–water partition coefficient (Wildman–Crippen LogP) is 2.63. The standard InChI is InChI=1S/C13H13BrN2/c1-2-7-15-8-10-16-9-6-11-12(14)4-3-5-13(11)16/h1,3-6,9,15H,7-8,10H2. The minimum absolute atomic E-state index is 0.628. The molecule has 1 heterocycles. The number of hydrogen-bond donors (Lipinski definition) is 1. The first-order valence-electron chi connectivity index (χ1n) is 5.20. The maximum atomic E-state index is 5.17. The summed E-state index contributed by atoms with van der Waals surface area (Å²) in [6.45, 7) is 2.45. The Morgan fingerprint density at radius 3 is 3.06 bits per heavy atom. The highest BCUT2D eigenvalue weighted by Gasteiger charge is 2.02. The largest absolute Gasteiger partial charge is 0.346 e. The SMILES string of the molecule is C#CCNCCn1ccc2c(Br)cccc21. The molecule has 1 aromatic heterocycles. The van der Waals surface area contributed by atoms with Gasteiger partial charge in [0.05, 0.1) is 6.54 Å². The van der Waals surface area contributed by atoms with Crippen molar-refractivity contribution in [2.75, 3.05) is 13.1 Å². The van der Waals surface area contributed by atoms with E-state index < -0.39 is 0 Å². The lowest BCUT2D eigenvalue weighted by molar-refractivity contribution is 0.644. The van der Waals surface area contributed by atoms with Crippen LogP contribution in [0, 0.1) is 12.3 Å². The van der Waals surface area contributed by atoms with E-state index >= 15 is 0 Å². The molecule has 0 radical (unpaired) electrons. The smallest absolute Gasteiger partial charge is 0.0574 e. The lowest BCUT2D eigenvalue weighted by Gasteiger charge is -2.05. The zero-order valence-electron chi connectivity index (χ0n) is 8.91. The van der Waals surface area contributed by atoms with Crippen LogP contribution in [0.15, 0.2) is 34.9 Å². The van der Waals surface area contributed by atoms with Gasteiger partial charge in [-0.15, -0.1) is 6.42 Å². The molecule has 0 aliphatic carbocycles. The van der Waals surface area contributed by atoms with Gasteiger partial charge in [-0.2, -0.15) is 0 Å². The van der Waals surface area contributed by atoms with Gasteiger partial charge in [0.2, 0.25) is 0 Å². The Bertz CT molecular complexity index is 522. The zero-order chi connectivity index (χ0) is 11.4. The van der Waals surface area contributed by atoms with Gasteiger partial charge in [0.15, 0.2) is 0 Å². The molecule has 3 heteroatoms. The summed E-state index contributed by atoms with van der Waals surface area (Å²) in [6, 6.07) is 8.36. The summed E-state index contributed by atoms with van der Waals surface area (Å²) in [6.07, 6.45) is 7.28.